The van der Waals surface area contributed by atoms with Gasteiger partial charge >= 0.3 is 0 Å². The second kappa shape index (κ2) is 8.24. The van der Waals surface area contributed by atoms with Crippen LogP contribution in [-0.4, -0.2) is 57.7 Å². The third kappa shape index (κ3) is 4.41. The van der Waals surface area contributed by atoms with E-state index in [2.05, 4.69) is 26.6 Å². The molecule has 0 atom stereocenters. The maximum atomic E-state index is 12.1. The minimum atomic E-state index is 0.229. The molecule has 6 heteroatoms. The van der Waals surface area contributed by atoms with Crippen LogP contribution in [0.5, 0.6) is 0 Å². The highest BCUT2D eigenvalue weighted by Crippen LogP contribution is 2.27. The Balaban J connectivity index is 2.00. The Morgan fingerprint density at radius 2 is 2.00 bits per heavy atom. The van der Waals surface area contributed by atoms with E-state index in [1.807, 2.05) is 38.1 Å². The zero-order valence-electron chi connectivity index (χ0n) is 14.8. The van der Waals surface area contributed by atoms with Gasteiger partial charge in [0.2, 0.25) is 5.91 Å². The Morgan fingerprint density at radius 3 is 2.57 bits per heavy atom. The lowest BCUT2D eigenvalue weighted by Crippen LogP contribution is -2.38. The number of carbonyl (C=O) groups is 1. The Kier molecular flexibility index (Phi) is 6.33. The summed E-state index contributed by atoms with van der Waals surface area (Å²) in [6.07, 6.45) is 6.32. The Bertz CT molecular complexity index is 541. The lowest BCUT2D eigenvalue weighted by Gasteiger charge is -2.31. The summed E-state index contributed by atoms with van der Waals surface area (Å²) in [4.78, 5) is 16.2. The molecule has 0 saturated carbocycles. The summed E-state index contributed by atoms with van der Waals surface area (Å²) in [7, 11) is 4.09. The molecule has 2 heterocycles. The molecule has 0 radical (unpaired) electrons. The molecule has 6 nitrogen and oxygen atoms in total. The zero-order valence-corrected chi connectivity index (χ0v) is 14.8. The van der Waals surface area contributed by atoms with Crippen LogP contribution >= 0.6 is 0 Å². The number of piperidine rings is 1. The van der Waals surface area contributed by atoms with Crippen molar-refractivity contribution in [3.8, 4) is 0 Å². The van der Waals surface area contributed by atoms with Crippen molar-refractivity contribution in [1.29, 1.82) is 0 Å². The smallest absolute Gasteiger partial charge is 0.226 e. The third-order valence-electron chi connectivity index (χ3n) is 4.37. The van der Waals surface area contributed by atoms with Crippen LogP contribution in [0.2, 0.25) is 0 Å². The van der Waals surface area contributed by atoms with Crippen molar-refractivity contribution in [2.75, 3.05) is 27.2 Å². The van der Waals surface area contributed by atoms with Gasteiger partial charge in [0.1, 0.15) is 11.6 Å². The summed E-state index contributed by atoms with van der Waals surface area (Å²) in [5.74, 6) is 2.75. The molecule has 0 spiro atoms. The summed E-state index contributed by atoms with van der Waals surface area (Å²) < 4.78 is 2.24. The molecular weight excluding hydrogens is 290 g/mol. The van der Waals surface area contributed by atoms with E-state index >= 15 is 0 Å². The van der Waals surface area contributed by atoms with E-state index in [9.17, 15) is 4.79 Å². The molecule has 1 aromatic heterocycles. The minimum Gasteiger partial charge on any atom is -0.342 e. The number of carbonyl (C=O) groups excluding carboxylic acids is 1. The Labute approximate surface area is 139 Å². The van der Waals surface area contributed by atoms with Gasteiger partial charge in [-0.1, -0.05) is 12.2 Å². The van der Waals surface area contributed by atoms with Gasteiger partial charge in [-0.3, -0.25) is 4.79 Å². The summed E-state index contributed by atoms with van der Waals surface area (Å²) in [5, 5.41) is 8.83. The molecule has 0 N–H and O–H groups in total. The molecule has 1 saturated heterocycles. The molecule has 23 heavy (non-hydrogen) atoms. The van der Waals surface area contributed by atoms with Gasteiger partial charge in [0.15, 0.2) is 0 Å². The zero-order chi connectivity index (χ0) is 16.8. The van der Waals surface area contributed by atoms with Gasteiger partial charge in [0.25, 0.3) is 0 Å². The van der Waals surface area contributed by atoms with Crippen LogP contribution in [0.4, 0.5) is 0 Å². The summed E-state index contributed by atoms with van der Waals surface area (Å²) >= 11 is 0. The van der Waals surface area contributed by atoms with Crippen LogP contribution < -0.4 is 0 Å². The first kappa shape index (κ1) is 17.7. The number of hydrogen-bond donors (Lipinski definition) is 0. The van der Waals surface area contributed by atoms with Crippen LogP contribution in [-0.2, 0) is 17.9 Å². The van der Waals surface area contributed by atoms with Crippen molar-refractivity contribution < 1.29 is 4.79 Å². The average Bonchev–Trinajstić information content (AvgIpc) is 2.94. The van der Waals surface area contributed by atoms with Gasteiger partial charge < -0.3 is 14.4 Å². The second-order valence-electron chi connectivity index (χ2n) is 6.38. The summed E-state index contributed by atoms with van der Waals surface area (Å²) in [5.41, 5.74) is 0. The van der Waals surface area contributed by atoms with E-state index in [1.54, 1.807) is 0 Å². The maximum Gasteiger partial charge on any atom is 0.226 e. The monoisotopic (exact) mass is 319 g/mol. The minimum absolute atomic E-state index is 0.229. The number of rotatable bonds is 6. The normalized spacial score (nSPS) is 16.7. The fourth-order valence-corrected chi connectivity index (χ4v) is 3.13. The fourth-order valence-electron chi connectivity index (χ4n) is 3.13. The number of amides is 1. The molecule has 1 amide bonds. The first-order valence-corrected chi connectivity index (χ1v) is 8.52. The van der Waals surface area contributed by atoms with Crippen molar-refractivity contribution in [3.63, 3.8) is 0 Å². The van der Waals surface area contributed by atoms with Crippen molar-refractivity contribution >= 4 is 5.91 Å². The summed E-state index contributed by atoms with van der Waals surface area (Å²) in [6, 6.07) is 0. The lowest BCUT2D eigenvalue weighted by atomic mass is 9.95. The molecule has 1 aliphatic rings. The predicted octanol–water partition coefficient (Wildman–Crippen LogP) is 2.03. The lowest BCUT2D eigenvalue weighted by molar-refractivity contribution is -0.131. The van der Waals surface area contributed by atoms with Gasteiger partial charge in [0.05, 0.1) is 6.54 Å². The van der Waals surface area contributed by atoms with Gasteiger partial charge in [-0.25, -0.2) is 0 Å². The maximum absolute atomic E-state index is 12.1. The predicted molar refractivity (Wildman–Crippen MR) is 91.1 cm³/mol. The largest absolute Gasteiger partial charge is 0.342 e. The fraction of sp³-hybridized carbons (Fsp3) is 0.706. The van der Waals surface area contributed by atoms with Crippen LogP contribution in [0, 0.1) is 0 Å². The highest BCUT2D eigenvalue weighted by atomic mass is 16.2. The van der Waals surface area contributed by atoms with Crippen molar-refractivity contribution in [2.24, 2.45) is 0 Å². The Hall–Kier alpha value is -1.69. The topological polar surface area (TPSA) is 54.3 Å². The van der Waals surface area contributed by atoms with Crippen LogP contribution in [0.1, 0.15) is 50.7 Å². The average molecular weight is 319 g/mol. The number of allylic oxidation sites excluding steroid dienone is 1. The van der Waals surface area contributed by atoms with Crippen LogP contribution in [0.25, 0.3) is 0 Å². The summed E-state index contributed by atoms with van der Waals surface area (Å²) in [6.45, 7) is 7.43. The van der Waals surface area contributed by atoms with Gasteiger partial charge in [-0.2, -0.15) is 0 Å². The van der Waals surface area contributed by atoms with E-state index in [0.717, 1.165) is 50.7 Å². The molecule has 0 bridgehead atoms. The Morgan fingerprint density at radius 1 is 1.30 bits per heavy atom. The molecule has 0 aliphatic carbocycles. The van der Waals surface area contributed by atoms with Gasteiger partial charge in [-0.15, -0.1) is 10.2 Å². The quantitative estimate of drug-likeness (QED) is 0.753. The van der Waals surface area contributed by atoms with E-state index in [0.29, 0.717) is 12.3 Å². The van der Waals surface area contributed by atoms with Crippen molar-refractivity contribution in [3.05, 3.63) is 23.8 Å². The van der Waals surface area contributed by atoms with Gasteiger partial charge in [0, 0.05) is 32.0 Å². The molecule has 1 fully saturated rings. The third-order valence-corrected chi connectivity index (χ3v) is 4.37. The van der Waals surface area contributed by atoms with Crippen molar-refractivity contribution in [2.45, 2.75) is 52.1 Å². The van der Waals surface area contributed by atoms with E-state index in [-0.39, 0.29) is 5.91 Å². The molecule has 2 rings (SSSR count). The van der Waals surface area contributed by atoms with E-state index in [1.165, 1.54) is 0 Å². The number of aromatic nitrogens is 3. The SMILES string of the molecule is CC=CCC(=O)N1CCC(c2nnc(CN(C)C)n2CC)CC1. The molecule has 1 aromatic rings. The first-order chi connectivity index (χ1) is 11.1. The molecule has 1 aliphatic heterocycles. The highest BCUT2D eigenvalue weighted by Gasteiger charge is 2.27. The molecule has 0 aromatic carbocycles. The van der Waals surface area contributed by atoms with Crippen molar-refractivity contribution in [1.82, 2.24) is 24.6 Å². The van der Waals surface area contributed by atoms with Gasteiger partial charge in [-0.05, 0) is 40.8 Å². The first-order valence-electron chi connectivity index (χ1n) is 8.52. The number of hydrogen-bond acceptors (Lipinski definition) is 4. The molecule has 128 valence electrons. The highest BCUT2D eigenvalue weighted by molar-refractivity contribution is 5.77. The van der Waals surface area contributed by atoms with Crippen LogP contribution in [0.3, 0.4) is 0 Å². The number of likely N-dealkylation sites (tertiary alicyclic amines) is 1. The molecule has 0 unspecified atom stereocenters. The molecular formula is C17H29N5O. The second-order valence-corrected chi connectivity index (χ2v) is 6.38. The van der Waals surface area contributed by atoms with E-state index < -0.39 is 0 Å². The van der Waals surface area contributed by atoms with Crippen LogP contribution in [0.15, 0.2) is 12.2 Å². The standard InChI is InChI=1S/C17H29N5O/c1-5-7-8-16(23)21-11-9-14(10-12-21)17-19-18-15(13-20(3)4)22(17)6-2/h5,7,14H,6,8-13H2,1-4H3. The number of nitrogens with zero attached hydrogens (tertiary/aromatic N) is 5. The van der Waals surface area contributed by atoms with E-state index in [4.69, 9.17) is 0 Å².